The molecule has 0 aromatic rings. The summed E-state index contributed by atoms with van der Waals surface area (Å²) < 4.78 is 18.8. The number of epoxide rings is 4. The first-order valence-corrected chi connectivity index (χ1v) is 7.17. The van der Waals surface area contributed by atoms with E-state index in [1.54, 1.807) is 0 Å². The summed E-state index contributed by atoms with van der Waals surface area (Å²) in [5.74, 6) is 0. The van der Waals surface area contributed by atoms with Crippen molar-refractivity contribution < 1.29 is 29.2 Å². The van der Waals surface area contributed by atoms with Crippen LogP contribution in [0.5, 0.6) is 0 Å². The van der Waals surface area contributed by atoms with Gasteiger partial charge in [0.2, 0.25) is 0 Å². The Balaban J connectivity index is 0.000000226. The Kier molecular flexibility index (Phi) is 12.3. The Hall–Kier alpha value is -0.240. The van der Waals surface area contributed by atoms with Gasteiger partial charge < -0.3 is 29.2 Å². The van der Waals surface area contributed by atoms with Gasteiger partial charge in [-0.3, -0.25) is 0 Å². The van der Waals surface area contributed by atoms with E-state index in [0.29, 0.717) is 24.4 Å². The summed E-state index contributed by atoms with van der Waals surface area (Å²) in [6.45, 7) is 11.9. The van der Waals surface area contributed by atoms with Gasteiger partial charge in [0.05, 0.1) is 64.1 Å². The topological polar surface area (TPSA) is 90.6 Å². The van der Waals surface area contributed by atoms with Crippen LogP contribution >= 0.6 is 0 Å². The molecule has 4 aliphatic heterocycles. The van der Waals surface area contributed by atoms with Crippen LogP contribution in [0.25, 0.3) is 0 Å². The van der Waals surface area contributed by atoms with Gasteiger partial charge >= 0.3 is 0 Å². The van der Waals surface area contributed by atoms with Crippen molar-refractivity contribution in [1.82, 2.24) is 0 Å². The normalized spacial score (nSPS) is 33.3. The van der Waals surface area contributed by atoms with E-state index >= 15 is 0 Å². The first kappa shape index (κ1) is 19.8. The van der Waals surface area contributed by atoms with Gasteiger partial charge in [-0.2, -0.15) is 0 Å². The Bertz CT molecular complexity index is 156. The Morgan fingerprint density at radius 1 is 0.600 bits per heavy atom. The van der Waals surface area contributed by atoms with Gasteiger partial charge in [0, 0.05) is 0 Å². The van der Waals surface area contributed by atoms with Gasteiger partial charge in [-0.05, 0) is 27.7 Å². The van der Waals surface area contributed by atoms with Crippen LogP contribution in [0, 0.1) is 0 Å². The van der Waals surface area contributed by atoms with E-state index in [1.165, 1.54) is 0 Å². The van der Waals surface area contributed by atoms with Crippen molar-refractivity contribution >= 4 is 0 Å². The van der Waals surface area contributed by atoms with Gasteiger partial charge in [0.25, 0.3) is 0 Å². The van der Waals surface area contributed by atoms with Crippen molar-refractivity contribution in [3.63, 3.8) is 0 Å². The molecule has 4 aliphatic rings. The molecule has 6 nitrogen and oxygen atoms in total. The van der Waals surface area contributed by atoms with Gasteiger partial charge in [-0.25, -0.2) is 0 Å². The number of aliphatic hydroxyl groups is 2. The lowest BCUT2D eigenvalue weighted by molar-refractivity contribution is 0.186. The largest absolute Gasteiger partial charge is 0.394 e. The maximum atomic E-state index is 7.62. The first-order chi connectivity index (χ1) is 9.49. The van der Waals surface area contributed by atoms with E-state index in [-0.39, 0.29) is 13.2 Å². The highest BCUT2D eigenvalue weighted by Crippen LogP contribution is 2.05. The summed E-state index contributed by atoms with van der Waals surface area (Å²) in [7, 11) is 0. The van der Waals surface area contributed by atoms with E-state index in [2.05, 4.69) is 27.7 Å². The SMILES string of the molecule is CC1CO1.CC1CO1.CC1CO1.CC1CO1.OCCO. The quantitative estimate of drug-likeness (QED) is 0.688. The van der Waals surface area contributed by atoms with Crippen molar-refractivity contribution in [1.29, 1.82) is 0 Å². The molecule has 0 spiro atoms. The summed E-state index contributed by atoms with van der Waals surface area (Å²) in [6.07, 6.45) is 2.33. The second kappa shape index (κ2) is 12.5. The zero-order valence-corrected chi connectivity index (χ0v) is 13.1. The molecule has 4 saturated heterocycles. The third kappa shape index (κ3) is 30.6. The lowest BCUT2D eigenvalue weighted by atomic mass is 10.6. The fraction of sp³-hybridized carbons (Fsp3) is 1.00. The number of rotatable bonds is 1. The van der Waals surface area contributed by atoms with E-state index in [0.717, 1.165) is 26.4 Å². The molecule has 0 aromatic carbocycles. The Morgan fingerprint density at radius 2 is 0.700 bits per heavy atom. The molecule has 6 heteroatoms. The number of aliphatic hydroxyl groups excluding tert-OH is 2. The molecule has 0 radical (unpaired) electrons. The second-order valence-corrected chi connectivity index (χ2v) is 5.02. The van der Waals surface area contributed by atoms with Crippen LogP contribution in [0.1, 0.15) is 27.7 Å². The van der Waals surface area contributed by atoms with Gasteiger partial charge in [0.15, 0.2) is 0 Å². The van der Waals surface area contributed by atoms with E-state index in [9.17, 15) is 0 Å². The summed E-state index contributed by atoms with van der Waals surface area (Å²) in [5.41, 5.74) is 0. The van der Waals surface area contributed by atoms with Crippen LogP contribution in [0.4, 0.5) is 0 Å². The molecule has 4 atom stereocenters. The van der Waals surface area contributed by atoms with Crippen molar-refractivity contribution in [2.75, 3.05) is 39.6 Å². The third-order valence-corrected chi connectivity index (χ3v) is 2.10. The molecule has 0 bridgehead atoms. The predicted octanol–water partition coefficient (Wildman–Crippen LogP) is 0.591. The van der Waals surface area contributed by atoms with Crippen LogP contribution in [-0.4, -0.2) is 74.3 Å². The van der Waals surface area contributed by atoms with Crippen molar-refractivity contribution in [3.8, 4) is 0 Å². The smallest absolute Gasteiger partial charge is 0.0781 e. The van der Waals surface area contributed by atoms with Gasteiger partial charge in [0.1, 0.15) is 0 Å². The molecular formula is C14H30O6. The van der Waals surface area contributed by atoms with Gasteiger partial charge in [-0.1, -0.05) is 0 Å². The zero-order valence-electron chi connectivity index (χ0n) is 13.1. The first-order valence-electron chi connectivity index (χ1n) is 7.17. The minimum atomic E-state index is -0.125. The number of hydrogen-bond acceptors (Lipinski definition) is 6. The van der Waals surface area contributed by atoms with Crippen LogP contribution in [-0.2, 0) is 18.9 Å². The summed E-state index contributed by atoms with van der Waals surface area (Å²) in [4.78, 5) is 0. The highest BCUT2D eigenvalue weighted by Gasteiger charge is 2.14. The monoisotopic (exact) mass is 294 g/mol. The summed E-state index contributed by atoms with van der Waals surface area (Å²) >= 11 is 0. The lowest BCUT2D eigenvalue weighted by Gasteiger charge is -1.70. The highest BCUT2D eigenvalue weighted by molar-refractivity contribution is 4.59. The molecule has 4 rings (SSSR count). The lowest BCUT2D eigenvalue weighted by Crippen LogP contribution is -1.85. The minimum absolute atomic E-state index is 0.125. The highest BCUT2D eigenvalue weighted by atomic mass is 16.6. The van der Waals surface area contributed by atoms with E-state index < -0.39 is 0 Å². The maximum Gasteiger partial charge on any atom is 0.0781 e. The average molecular weight is 294 g/mol. The molecule has 0 amide bonds. The van der Waals surface area contributed by atoms with Crippen molar-refractivity contribution in [3.05, 3.63) is 0 Å². The molecule has 4 heterocycles. The number of ether oxygens (including phenoxy) is 4. The minimum Gasteiger partial charge on any atom is -0.394 e. The zero-order chi connectivity index (χ0) is 15.4. The molecule has 0 aliphatic carbocycles. The number of hydrogen-bond donors (Lipinski definition) is 2. The Labute approximate surface area is 122 Å². The Morgan fingerprint density at radius 3 is 0.700 bits per heavy atom. The summed E-state index contributed by atoms with van der Waals surface area (Å²) in [5, 5.41) is 15.2. The standard InChI is InChI=1S/4C3H6O.C2H6O2/c4*1-3-2-4-3;3-1-2-4/h4*3H,2H2,1H3;3-4H,1-2H2. The van der Waals surface area contributed by atoms with Crippen LogP contribution in [0.15, 0.2) is 0 Å². The molecule has 20 heavy (non-hydrogen) atoms. The molecule has 4 unspecified atom stereocenters. The van der Waals surface area contributed by atoms with E-state index in [1.807, 2.05) is 0 Å². The molecule has 2 N–H and O–H groups in total. The van der Waals surface area contributed by atoms with Crippen LogP contribution in [0.2, 0.25) is 0 Å². The van der Waals surface area contributed by atoms with Crippen LogP contribution < -0.4 is 0 Å². The average Bonchev–Trinajstić information content (AvgIpc) is 3.21. The van der Waals surface area contributed by atoms with Crippen molar-refractivity contribution in [2.24, 2.45) is 0 Å². The fourth-order valence-corrected chi connectivity index (χ4v) is 0.385. The van der Waals surface area contributed by atoms with Gasteiger partial charge in [-0.15, -0.1) is 0 Å². The second-order valence-electron chi connectivity index (χ2n) is 5.02. The third-order valence-electron chi connectivity index (χ3n) is 2.10. The molecule has 4 fully saturated rings. The predicted molar refractivity (Wildman–Crippen MR) is 75.8 cm³/mol. The molecular weight excluding hydrogens is 264 g/mol. The van der Waals surface area contributed by atoms with E-state index in [4.69, 9.17) is 29.2 Å². The molecule has 0 saturated carbocycles. The molecule has 0 aromatic heterocycles. The van der Waals surface area contributed by atoms with Crippen LogP contribution in [0.3, 0.4) is 0 Å². The maximum absolute atomic E-state index is 7.62. The van der Waals surface area contributed by atoms with Crippen molar-refractivity contribution in [2.45, 2.75) is 52.1 Å². The summed E-state index contributed by atoms with van der Waals surface area (Å²) in [6, 6.07) is 0. The fourth-order valence-electron chi connectivity index (χ4n) is 0.385. The molecule has 122 valence electrons.